The lowest BCUT2D eigenvalue weighted by Gasteiger charge is -2.21. The smallest absolute Gasteiger partial charge is 0.228 e. The highest BCUT2D eigenvalue weighted by molar-refractivity contribution is 5.95. The Balaban J connectivity index is 1.67. The summed E-state index contributed by atoms with van der Waals surface area (Å²) in [4.78, 5) is 14.6. The Hall–Kier alpha value is -2.75. The van der Waals surface area contributed by atoms with Gasteiger partial charge in [0.15, 0.2) is 0 Å². The molecule has 130 valence electrons. The van der Waals surface area contributed by atoms with Gasteiger partial charge in [0.2, 0.25) is 5.91 Å². The first-order valence-corrected chi connectivity index (χ1v) is 8.72. The Morgan fingerprint density at radius 2 is 1.80 bits per heavy atom. The maximum Gasteiger partial charge on any atom is 0.228 e. The molecule has 0 bridgehead atoms. The summed E-state index contributed by atoms with van der Waals surface area (Å²) in [7, 11) is 0. The van der Waals surface area contributed by atoms with Crippen LogP contribution in [0.4, 0.5) is 11.4 Å². The van der Waals surface area contributed by atoms with Crippen molar-refractivity contribution in [1.29, 1.82) is 0 Å². The van der Waals surface area contributed by atoms with E-state index in [2.05, 4.69) is 24.1 Å². The zero-order chi connectivity index (χ0) is 17.8. The van der Waals surface area contributed by atoms with Crippen LogP contribution >= 0.6 is 0 Å². The molecule has 0 aliphatic carbocycles. The third kappa shape index (κ3) is 3.85. The molecule has 1 aromatic heterocycles. The number of amides is 1. The number of nitrogens with one attached hydrogen (secondary N) is 1. The maximum absolute atomic E-state index is 12.4. The van der Waals surface area contributed by atoms with Crippen LogP contribution in [0.15, 0.2) is 53.1 Å². The summed E-state index contributed by atoms with van der Waals surface area (Å²) in [6.07, 6.45) is 1.97. The van der Waals surface area contributed by atoms with Gasteiger partial charge >= 0.3 is 0 Å². The van der Waals surface area contributed by atoms with E-state index < -0.39 is 0 Å². The van der Waals surface area contributed by atoms with E-state index in [1.54, 1.807) is 6.26 Å². The molecule has 3 aromatic rings. The monoisotopic (exact) mass is 336 g/mol. The number of hydrogen-bond acceptors (Lipinski definition) is 3. The zero-order valence-corrected chi connectivity index (χ0v) is 15.0. The van der Waals surface area contributed by atoms with Gasteiger partial charge in [-0.1, -0.05) is 12.1 Å². The second-order valence-electron chi connectivity index (χ2n) is 6.20. The van der Waals surface area contributed by atoms with Crippen LogP contribution in [0.2, 0.25) is 0 Å². The molecule has 3 rings (SSSR count). The zero-order valence-electron chi connectivity index (χ0n) is 15.0. The van der Waals surface area contributed by atoms with Crippen LogP contribution in [-0.4, -0.2) is 19.0 Å². The lowest BCUT2D eigenvalue weighted by molar-refractivity contribution is -0.115. The van der Waals surface area contributed by atoms with Gasteiger partial charge in [0.25, 0.3) is 0 Å². The summed E-state index contributed by atoms with van der Waals surface area (Å²) in [6.45, 7) is 8.23. The molecule has 0 atom stereocenters. The maximum atomic E-state index is 12.4. The van der Waals surface area contributed by atoms with Crippen molar-refractivity contribution < 1.29 is 9.21 Å². The number of carbonyl (C=O) groups is 1. The lowest BCUT2D eigenvalue weighted by Crippen LogP contribution is -2.21. The van der Waals surface area contributed by atoms with Gasteiger partial charge in [0, 0.05) is 35.4 Å². The molecule has 0 saturated heterocycles. The molecule has 0 fully saturated rings. The van der Waals surface area contributed by atoms with E-state index in [0.717, 1.165) is 40.9 Å². The summed E-state index contributed by atoms with van der Waals surface area (Å²) >= 11 is 0. The van der Waals surface area contributed by atoms with E-state index in [1.165, 1.54) is 5.69 Å². The SMILES string of the molecule is CCN(CC)c1ccc(NC(=O)Cc2coc3cc(C)ccc23)cc1. The van der Waals surface area contributed by atoms with E-state index in [9.17, 15) is 4.79 Å². The third-order valence-electron chi connectivity index (χ3n) is 4.44. The summed E-state index contributed by atoms with van der Waals surface area (Å²) in [5.74, 6) is -0.0427. The Morgan fingerprint density at radius 3 is 2.48 bits per heavy atom. The van der Waals surface area contributed by atoms with Crippen molar-refractivity contribution in [2.24, 2.45) is 0 Å². The van der Waals surface area contributed by atoms with Crippen molar-refractivity contribution >= 4 is 28.3 Å². The fourth-order valence-corrected chi connectivity index (χ4v) is 3.05. The van der Waals surface area contributed by atoms with Crippen LogP contribution < -0.4 is 10.2 Å². The Kier molecular flexibility index (Phi) is 5.08. The molecule has 4 nitrogen and oxygen atoms in total. The van der Waals surface area contributed by atoms with Crippen LogP contribution in [0.3, 0.4) is 0 Å². The molecule has 1 N–H and O–H groups in total. The lowest BCUT2D eigenvalue weighted by atomic mass is 10.1. The largest absolute Gasteiger partial charge is 0.464 e. The fourth-order valence-electron chi connectivity index (χ4n) is 3.05. The van der Waals surface area contributed by atoms with Crippen molar-refractivity contribution in [3.63, 3.8) is 0 Å². The van der Waals surface area contributed by atoms with Crippen LogP contribution in [0.1, 0.15) is 25.0 Å². The van der Waals surface area contributed by atoms with Crippen molar-refractivity contribution in [3.05, 3.63) is 59.9 Å². The first-order chi connectivity index (χ1) is 12.1. The van der Waals surface area contributed by atoms with E-state index in [-0.39, 0.29) is 5.91 Å². The van der Waals surface area contributed by atoms with E-state index >= 15 is 0 Å². The van der Waals surface area contributed by atoms with Crippen LogP contribution in [0.25, 0.3) is 11.0 Å². The summed E-state index contributed by atoms with van der Waals surface area (Å²) < 4.78 is 5.56. The fraction of sp³-hybridized carbons (Fsp3) is 0.286. The summed E-state index contributed by atoms with van der Waals surface area (Å²) in [5.41, 5.74) is 4.86. The molecule has 0 aliphatic rings. The molecule has 1 heterocycles. The minimum atomic E-state index is -0.0427. The van der Waals surface area contributed by atoms with Crippen LogP contribution in [-0.2, 0) is 11.2 Å². The number of aryl methyl sites for hydroxylation is 1. The van der Waals surface area contributed by atoms with E-state index in [4.69, 9.17) is 4.42 Å². The summed E-state index contributed by atoms with van der Waals surface area (Å²) in [6, 6.07) is 14.0. The van der Waals surface area contributed by atoms with Crippen molar-refractivity contribution in [1.82, 2.24) is 0 Å². The van der Waals surface area contributed by atoms with Gasteiger partial charge in [-0.15, -0.1) is 0 Å². The van der Waals surface area contributed by atoms with E-state index in [0.29, 0.717) is 6.42 Å². The molecule has 0 unspecified atom stereocenters. The molecule has 2 aromatic carbocycles. The van der Waals surface area contributed by atoms with Crippen molar-refractivity contribution in [3.8, 4) is 0 Å². The van der Waals surface area contributed by atoms with Gasteiger partial charge in [-0.05, 0) is 56.7 Å². The number of fused-ring (bicyclic) bond motifs is 1. The van der Waals surface area contributed by atoms with Crippen molar-refractivity contribution in [2.75, 3.05) is 23.3 Å². The molecule has 0 radical (unpaired) electrons. The van der Waals surface area contributed by atoms with Crippen LogP contribution in [0.5, 0.6) is 0 Å². The van der Waals surface area contributed by atoms with Gasteiger partial charge in [-0.2, -0.15) is 0 Å². The molecular weight excluding hydrogens is 312 g/mol. The van der Waals surface area contributed by atoms with Crippen LogP contribution in [0, 0.1) is 6.92 Å². The quantitative estimate of drug-likeness (QED) is 0.705. The number of hydrogen-bond donors (Lipinski definition) is 1. The van der Waals surface area contributed by atoms with Gasteiger partial charge in [-0.3, -0.25) is 4.79 Å². The number of rotatable bonds is 6. The second-order valence-corrected chi connectivity index (χ2v) is 6.20. The number of anilines is 2. The molecule has 25 heavy (non-hydrogen) atoms. The molecule has 1 amide bonds. The predicted octanol–water partition coefficient (Wildman–Crippen LogP) is 4.77. The number of furan rings is 1. The van der Waals surface area contributed by atoms with Gasteiger partial charge in [0.05, 0.1) is 12.7 Å². The van der Waals surface area contributed by atoms with Gasteiger partial charge < -0.3 is 14.6 Å². The normalized spacial score (nSPS) is 10.8. The predicted molar refractivity (Wildman–Crippen MR) is 103 cm³/mol. The van der Waals surface area contributed by atoms with Gasteiger partial charge in [-0.25, -0.2) is 0 Å². The third-order valence-corrected chi connectivity index (χ3v) is 4.44. The topological polar surface area (TPSA) is 45.5 Å². The highest BCUT2D eigenvalue weighted by Crippen LogP contribution is 2.23. The minimum Gasteiger partial charge on any atom is -0.464 e. The highest BCUT2D eigenvalue weighted by Gasteiger charge is 2.11. The second kappa shape index (κ2) is 7.43. The Bertz CT molecular complexity index is 861. The average Bonchev–Trinajstić information content (AvgIpc) is 2.99. The van der Waals surface area contributed by atoms with E-state index in [1.807, 2.05) is 49.4 Å². The molecule has 0 spiro atoms. The van der Waals surface area contributed by atoms with Gasteiger partial charge in [0.1, 0.15) is 5.58 Å². The average molecular weight is 336 g/mol. The Morgan fingerprint density at radius 1 is 1.08 bits per heavy atom. The standard InChI is InChI=1S/C21H24N2O2/c1-4-23(5-2)18-9-7-17(8-10-18)22-21(24)13-16-14-25-20-12-15(3)6-11-19(16)20/h6-12,14H,4-5,13H2,1-3H3,(H,22,24). The first kappa shape index (κ1) is 17.1. The summed E-state index contributed by atoms with van der Waals surface area (Å²) in [5, 5.41) is 3.96. The number of carbonyl (C=O) groups excluding carboxylic acids is 1. The number of benzene rings is 2. The molecule has 0 saturated carbocycles. The minimum absolute atomic E-state index is 0.0427. The molecular formula is C21H24N2O2. The first-order valence-electron chi connectivity index (χ1n) is 8.72. The molecule has 0 aliphatic heterocycles. The Labute approximate surface area is 148 Å². The highest BCUT2D eigenvalue weighted by atomic mass is 16.3. The molecule has 4 heteroatoms. The number of nitrogens with zero attached hydrogens (tertiary/aromatic N) is 1. The van der Waals surface area contributed by atoms with Crippen molar-refractivity contribution in [2.45, 2.75) is 27.2 Å².